The highest BCUT2D eigenvalue weighted by molar-refractivity contribution is 5.80. The molecule has 1 amide bonds. The number of aryl methyl sites for hydroxylation is 1. The van der Waals surface area contributed by atoms with Gasteiger partial charge >= 0.3 is 6.18 Å². The van der Waals surface area contributed by atoms with Gasteiger partial charge in [-0.25, -0.2) is 0 Å². The Kier molecular flexibility index (Phi) is 4.21. The Bertz CT molecular complexity index is 441. The molecule has 0 radical (unpaired) electrons. The molecule has 1 rings (SSSR count). The molecule has 0 atom stereocenters. The number of likely N-dealkylation sites (N-methyl/N-ethyl adjacent to an activating group) is 1. The lowest BCUT2D eigenvalue weighted by atomic mass is 10.1. The monoisotopic (exact) mass is 260 g/mol. The largest absolute Gasteiger partial charge is 0.416 e. The van der Waals surface area contributed by atoms with Gasteiger partial charge in [0.1, 0.15) is 0 Å². The SMILES string of the molecule is Cc1ccc(C(F)(F)F)cc1NCC(=O)N(C)C. The topological polar surface area (TPSA) is 32.3 Å². The fourth-order valence-electron chi connectivity index (χ4n) is 1.32. The van der Waals surface area contributed by atoms with Gasteiger partial charge < -0.3 is 10.2 Å². The number of amides is 1. The number of halogens is 3. The maximum Gasteiger partial charge on any atom is 0.416 e. The van der Waals surface area contributed by atoms with Crippen LogP contribution >= 0.6 is 0 Å². The van der Waals surface area contributed by atoms with E-state index in [1.54, 1.807) is 21.0 Å². The van der Waals surface area contributed by atoms with E-state index in [0.29, 0.717) is 11.3 Å². The van der Waals surface area contributed by atoms with Crippen LogP contribution in [0.25, 0.3) is 0 Å². The van der Waals surface area contributed by atoms with E-state index in [0.717, 1.165) is 12.1 Å². The lowest BCUT2D eigenvalue weighted by molar-refractivity contribution is -0.137. The Morgan fingerprint density at radius 1 is 1.33 bits per heavy atom. The highest BCUT2D eigenvalue weighted by Crippen LogP contribution is 2.31. The van der Waals surface area contributed by atoms with Crippen molar-refractivity contribution in [1.82, 2.24) is 4.90 Å². The predicted molar refractivity (Wildman–Crippen MR) is 63.4 cm³/mol. The summed E-state index contributed by atoms with van der Waals surface area (Å²) in [5.41, 5.74) is 0.252. The van der Waals surface area contributed by atoms with Gasteiger partial charge in [0.2, 0.25) is 5.91 Å². The lowest BCUT2D eigenvalue weighted by Gasteiger charge is -2.15. The highest BCUT2D eigenvalue weighted by Gasteiger charge is 2.30. The Balaban J connectivity index is 2.85. The van der Waals surface area contributed by atoms with Crippen molar-refractivity contribution in [3.05, 3.63) is 29.3 Å². The molecule has 3 nitrogen and oxygen atoms in total. The summed E-state index contributed by atoms with van der Waals surface area (Å²) in [6.45, 7) is 1.65. The summed E-state index contributed by atoms with van der Waals surface area (Å²) in [5.74, 6) is -0.202. The van der Waals surface area contributed by atoms with E-state index in [1.807, 2.05) is 0 Å². The molecule has 0 aliphatic carbocycles. The first kappa shape index (κ1) is 14.3. The number of nitrogens with one attached hydrogen (secondary N) is 1. The minimum absolute atomic E-state index is 0.0326. The molecule has 18 heavy (non-hydrogen) atoms. The van der Waals surface area contributed by atoms with E-state index in [2.05, 4.69) is 5.32 Å². The third-order valence-corrected chi connectivity index (χ3v) is 2.49. The van der Waals surface area contributed by atoms with Gasteiger partial charge in [0.15, 0.2) is 0 Å². The van der Waals surface area contributed by atoms with Gasteiger partial charge in [-0.15, -0.1) is 0 Å². The molecule has 0 aliphatic rings. The molecule has 0 aromatic heterocycles. The van der Waals surface area contributed by atoms with Crippen LogP contribution in [0.2, 0.25) is 0 Å². The highest BCUT2D eigenvalue weighted by atomic mass is 19.4. The van der Waals surface area contributed by atoms with Crippen molar-refractivity contribution in [2.45, 2.75) is 13.1 Å². The van der Waals surface area contributed by atoms with Crippen molar-refractivity contribution in [2.24, 2.45) is 0 Å². The first-order valence-corrected chi connectivity index (χ1v) is 5.33. The van der Waals surface area contributed by atoms with Crippen molar-refractivity contribution in [1.29, 1.82) is 0 Å². The molecule has 1 aromatic rings. The first-order chi connectivity index (χ1) is 8.21. The van der Waals surface area contributed by atoms with Gasteiger partial charge in [-0.05, 0) is 24.6 Å². The van der Waals surface area contributed by atoms with Crippen LogP contribution in [0, 0.1) is 6.92 Å². The number of nitrogens with zero attached hydrogens (tertiary/aromatic N) is 1. The van der Waals surface area contributed by atoms with E-state index in [1.165, 1.54) is 11.0 Å². The summed E-state index contributed by atoms with van der Waals surface area (Å²) in [4.78, 5) is 12.7. The minimum Gasteiger partial charge on any atom is -0.376 e. The summed E-state index contributed by atoms with van der Waals surface area (Å²) in [6, 6.07) is 3.41. The van der Waals surface area contributed by atoms with Gasteiger partial charge in [-0.1, -0.05) is 6.07 Å². The molecule has 0 unspecified atom stereocenters. The molecule has 6 heteroatoms. The molecule has 0 bridgehead atoms. The summed E-state index contributed by atoms with van der Waals surface area (Å²) in [7, 11) is 3.17. The van der Waals surface area contributed by atoms with Crippen LogP contribution in [0.5, 0.6) is 0 Å². The van der Waals surface area contributed by atoms with Crippen LogP contribution in [0.1, 0.15) is 11.1 Å². The van der Waals surface area contributed by atoms with E-state index in [9.17, 15) is 18.0 Å². The Labute approximate surface area is 104 Å². The quantitative estimate of drug-likeness (QED) is 0.905. The number of rotatable bonds is 3. The van der Waals surface area contributed by atoms with Gasteiger partial charge in [-0.2, -0.15) is 13.2 Å². The number of hydrogen-bond acceptors (Lipinski definition) is 2. The van der Waals surface area contributed by atoms with Crippen molar-refractivity contribution in [3.63, 3.8) is 0 Å². The summed E-state index contributed by atoms with van der Waals surface area (Å²) in [5, 5.41) is 2.72. The second kappa shape index (κ2) is 5.29. The fourth-order valence-corrected chi connectivity index (χ4v) is 1.32. The number of hydrogen-bond donors (Lipinski definition) is 1. The molecule has 0 heterocycles. The van der Waals surface area contributed by atoms with E-state index in [-0.39, 0.29) is 12.5 Å². The number of benzene rings is 1. The van der Waals surface area contributed by atoms with Gasteiger partial charge in [0.05, 0.1) is 12.1 Å². The third kappa shape index (κ3) is 3.65. The number of anilines is 1. The summed E-state index contributed by atoms with van der Waals surface area (Å²) < 4.78 is 37.6. The van der Waals surface area contributed by atoms with Crippen LogP contribution in [-0.4, -0.2) is 31.4 Å². The Morgan fingerprint density at radius 3 is 2.44 bits per heavy atom. The van der Waals surface area contributed by atoms with E-state index in [4.69, 9.17) is 0 Å². The lowest BCUT2D eigenvalue weighted by Crippen LogP contribution is -2.28. The van der Waals surface area contributed by atoms with Crippen molar-refractivity contribution >= 4 is 11.6 Å². The van der Waals surface area contributed by atoms with Crippen LogP contribution in [0.4, 0.5) is 18.9 Å². The van der Waals surface area contributed by atoms with Crippen molar-refractivity contribution < 1.29 is 18.0 Å². The normalized spacial score (nSPS) is 11.2. The van der Waals surface area contributed by atoms with Crippen LogP contribution < -0.4 is 5.32 Å². The van der Waals surface area contributed by atoms with Crippen LogP contribution in [-0.2, 0) is 11.0 Å². The molecule has 0 saturated heterocycles. The Morgan fingerprint density at radius 2 is 1.94 bits per heavy atom. The van der Waals surface area contributed by atoms with Crippen molar-refractivity contribution in [3.8, 4) is 0 Å². The summed E-state index contributed by atoms with van der Waals surface area (Å²) in [6.07, 6.45) is -4.38. The van der Waals surface area contributed by atoms with Crippen molar-refractivity contribution in [2.75, 3.05) is 26.0 Å². The molecule has 0 fully saturated rings. The van der Waals surface area contributed by atoms with E-state index < -0.39 is 11.7 Å². The molecular formula is C12H15F3N2O. The third-order valence-electron chi connectivity index (χ3n) is 2.49. The fraction of sp³-hybridized carbons (Fsp3) is 0.417. The summed E-state index contributed by atoms with van der Waals surface area (Å²) >= 11 is 0. The zero-order valence-corrected chi connectivity index (χ0v) is 10.4. The number of carbonyl (C=O) groups is 1. The molecule has 1 aromatic carbocycles. The smallest absolute Gasteiger partial charge is 0.376 e. The first-order valence-electron chi connectivity index (χ1n) is 5.33. The van der Waals surface area contributed by atoms with E-state index >= 15 is 0 Å². The predicted octanol–water partition coefficient (Wildman–Crippen LogP) is 2.51. The maximum atomic E-state index is 12.5. The Hall–Kier alpha value is -1.72. The number of carbonyl (C=O) groups excluding carboxylic acids is 1. The minimum atomic E-state index is -4.38. The van der Waals surface area contributed by atoms with Gasteiger partial charge in [-0.3, -0.25) is 4.79 Å². The zero-order chi connectivity index (χ0) is 13.9. The van der Waals surface area contributed by atoms with Crippen LogP contribution in [0.15, 0.2) is 18.2 Å². The molecule has 100 valence electrons. The molecule has 0 spiro atoms. The average molecular weight is 260 g/mol. The molecule has 0 aliphatic heterocycles. The molecule has 1 N–H and O–H groups in total. The second-order valence-corrected chi connectivity index (χ2v) is 4.17. The average Bonchev–Trinajstić information content (AvgIpc) is 2.25. The molecule has 0 saturated carbocycles. The maximum absolute atomic E-state index is 12.5. The van der Waals surface area contributed by atoms with Gasteiger partial charge in [0, 0.05) is 19.8 Å². The number of alkyl halides is 3. The zero-order valence-electron chi connectivity index (χ0n) is 10.4. The second-order valence-electron chi connectivity index (χ2n) is 4.17. The molecular weight excluding hydrogens is 245 g/mol. The van der Waals surface area contributed by atoms with Gasteiger partial charge in [0.25, 0.3) is 0 Å². The van der Waals surface area contributed by atoms with Crippen LogP contribution in [0.3, 0.4) is 0 Å². The standard InChI is InChI=1S/C12H15F3N2O/c1-8-4-5-9(12(13,14)15)6-10(8)16-7-11(18)17(2)3/h4-6,16H,7H2,1-3H3.